The van der Waals surface area contributed by atoms with Gasteiger partial charge >= 0.3 is 0 Å². The van der Waals surface area contributed by atoms with Crippen molar-refractivity contribution in [3.8, 4) is 0 Å². The maximum absolute atomic E-state index is 11.9. The highest BCUT2D eigenvalue weighted by atomic mass is 35.5. The summed E-state index contributed by atoms with van der Waals surface area (Å²) in [7, 11) is -4.30. The van der Waals surface area contributed by atoms with Crippen LogP contribution >= 0.6 is 11.6 Å². The Morgan fingerprint density at radius 1 is 1.41 bits per heavy atom. The van der Waals surface area contributed by atoms with Crippen LogP contribution in [0.25, 0.3) is 0 Å². The summed E-state index contributed by atoms with van der Waals surface area (Å²) in [6.07, 6.45) is 1.51. The van der Waals surface area contributed by atoms with Gasteiger partial charge in [-0.25, -0.2) is 8.42 Å². The molecular weight excluding hydrogens is 282 g/mol. The number of hydrogen-bond donors (Lipinski definition) is 1. The Morgan fingerprint density at radius 2 is 2.06 bits per heavy atom. The minimum Gasteiger partial charge on any atom is -0.399 e. The number of hydrogen-bond acceptors (Lipinski definition) is 4. The van der Waals surface area contributed by atoms with Crippen molar-refractivity contribution in [1.82, 2.24) is 0 Å². The molecule has 0 heterocycles. The zero-order valence-electron chi connectivity index (χ0n) is 9.35. The average Bonchev–Trinajstić information content (AvgIpc) is 2.15. The standard InChI is InChI=1S/C10H14ClNO3S2/c1-17(14,15)6-2-5-16(13)10-4-3-8(12)7-9(10)11/h3-4,7H,2,5-6,12H2,1H3. The van der Waals surface area contributed by atoms with Crippen molar-refractivity contribution in [2.45, 2.75) is 11.3 Å². The molecule has 96 valence electrons. The van der Waals surface area contributed by atoms with Gasteiger partial charge in [-0.15, -0.1) is 0 Å². The molecule has 17 heavy (non-hydrogen) atoms. The van der Waals surface area contributed by atoms with Crippen molar-refractivity contribution in [3.63, 3.8) is 0 Å². The summed E-state index contributed by atoms with van der Waals surface area (Å²) in [6, 6.07) is 4.76. The molecule has 7 heteroatoms. The predicted octanol–water partition coefficient (Wildman–Crippen LogP) is 1.46. The number of nitrogen functional groups attached to an aromatic ring is 1. The van der Waals surface area contributed by atoms with Gasteiger partial charge in [0.15, 0.2) is 0 Å². The van der Waals surface area contributed by atoms with Gasteiger partial charge < -0.3 is 5.73 Å². The molecule has 1 rings (SSSR count). The third-order valence-corrected chi connectivity index (χ3v) is 5.01. The first-order valence-corrected chi connectivity index (χ1v) is 8.66. The SMILES string of the molecule is CS(=O)(=O)CCCS(=O)c1ccc(N)cc1Cl. The Hall–Kier alpha value is -0.590. The minimum absolute atomic E-state index is 0.0331. The van der Waals surface area contributed by atoms with Crippen molar-refractivity contribution in [2.24, 2.45) is 0 Å². The van der Waals surface area contributed by atoms with Gasteiger partial charge in [0.2, 0.25) is 0 Å². The summed E-state index contributed by atoms with van der Waals surface area (Å²) in [4.78, 5) is 0.495. The zero-order chi connectivity index (χ0) is 13.1. The molecule has 1 aromatic rings. The van der Waals surface area contributed by atoms with Crippen LogP contribution in [0.1, 0.15) is 6.42 Å². The summed E-state index contributed by atoms with van der Waals surface area (Å²) in [5.41, 5.74) is 6.03. The van der Waals surface area contributed by atoms with Gasteiger partial charge in [0.25, 0.3) is 0 Å². The van der Waals surface area contributed by atoms with Gasteiger partial charge in [-0.2, -0.15) is 0 Å². The van der Waals surface area contributed by atoms with Crippen molar-refractivity contribution < 1.29 is 12.6 Å². The zero-order valence-corrected chi connectivity index (χ0v) is 11.7. The fourth-order valence-electron chi connectivity index (χ4n) is 1.26. The molecule has 1 unspecified atom stereocenters. The maximum Gasteiger partial charge on any atom is 0.147 e. The van der Waals surface area contributed by atoms with Crippen LogP contribution in [0.4, 0.5) is 5.69 Å². The molecule has 0 aliphatic carbocycles. The molecule has 1 atom stereocenters. The van der Waals surface area contributed by atoms with Gasteiger partial charge in [-0.1, -0.05) is 11.6 Å². The molecule has 0 bridgehead atoms. The van der Waals surface area contributed by atoms with Gasteiger partial charge in [-0.05, 0) is 24.6 Å². The van der Waals surface area contributed by atoms with Gasteiger partial charge in [-0.3, -0.25) is 4.21 Å². The Morgan fingerprint density at radius 3 is 2.59 bits per heavy atom. The quantitative estimate of drug-likeness (QED) is 0.834. The van der Waals surface area contributed by atoms with Gasteiger partial charge in [0.1, 0.15) is 9.84 Å². The molecule has 1 aromatic carbocycles. The summed E-state index contributed by atoms with van der Waals surface area (Å²) in [5.74, 6) is 0.308. The number of benzene rings is 1. The highest BCUT2D eigenvalue weighted by Gasteiger charge is 2.10. The summed E-state index contributed by atoms with van der Waals surface area (Å²) < 4.78 is 33.7. The molecule has 2 N–H and O–H groups in total. The van der Waals surface area contributed by atoms with E-state index < -0.39 is 20.6 Å². The third kappa shape index (κ3) is 5.06. The lowest BCUT2D eigenvalue weighted by Gasteiger charge is -2.05. The van der Waals surface area contributed by atoms with Crippen LogP contribution in [0, 0.1) is 0 Å². The summed E-state index contributed by atoms with van der Waals surface area (Å²) >= 11 is 5.90. The van der Waals surface area contributed by atoms with E-state index in [1.54, 1.807) is 12.1 Å². The first-order chi connectivity index (χ1) is 7.79. The summed E-state index contributed by atoms with van der Waals surface area (Å²) in [6.45, 7) is 0. The lowest BCUT2D eigenvalue weighted by molar-refractivity contribution is 0.600. The first-order valence-electron chi connectivity index (χ1n) is 4.91. The predicted molar refractivity (Wildman–Crippen MR) is 71.5 cm³/mol. The number of rotatable bonds is 5. The molecule has 0 aliphatic rings. The molecule has 0 saturated heterocycles. The lowest BCUT2D eigenvalue weighted by atomic mass is 10.3. The van der Waals surface area contributed by atoms with E-state index in [2.05, 4.69) is 0 Å². The fraction of sp³-hybridized carbons (Fsp3) is 0.400. The molecule has 0 spiro atoms. The van der Waals surface area contributed by atoms with E-state index in [9.17, 15) is 12.6 Å². The van der Waals surface area contributed by atoms with Gasteiger partial charge in [0.05, 0.1) is 26.5 Å². The van der Waals surface area contributed by atoms with E-state index in [4.69, 9.17) is 17.3 Å². The Labute approximate surface area is 109 Å². The van der Waals surface area contributed by atoms with E-state index in [1.165, 1.54) is 6.07 Å². The Kier molecular flexibility index (Phi) is 4.97. The van der Waals surface area contributed by atoms with Crippen LogP contribution in [0.15, 0.2) is 23.1 Å². The third-order valence-electron chi connectivity index (χ3n) is 2.05. The second-order valence-corrected chi connectivity index (χ2v) is 7.93. The van der Waals surface area contributed by atoms with Gasteiger partial charge in [0, 0.05) is 17.7 Å². The molecular formula is C10H14ClNO3S2. The van der Waals surface area contributed by atoms with Crippen molar-refractivity contribution in [2.75, 3.05) is 23.5 Å². The average molecular weight is 296 g/mol. The van der Waals surface area contributed by atoms with Crippen LogP contribution in [0.5, 0.6) is 0 Å². The normalized spacial score (nSPS) is 13.5. The van der Waals surface area contributed by atoms with Crippen molar-refractivity contribution in [1.29, 1.82) is 0 Å². The maximum atomic E-state index is 11.9. The second kappa shape index (κ2) is 5.84. The smallest absolute Gasteiger partial charge is 0.147 e. The largest absolute Gasteiger partial charge is 0.399 e. The highest BCUT2D eigenvalue weighted by molar-refractivity contribution is 7.90. The fourth-order valence-corrected chi connectivity index (χ4v) is 3.69. The molecule has 4 nitrogen and oxygen atoms in total. The van der Waals surface area contributed by atoms with Crippen LogP contribution in [0.2, 0.25) is 5.02 Å². The highest BCUT2D eigenvalue weighted by Crippen LogP contribution is 2.22. The Bertz CT molecular complexity index is 528. The number of sulfone groups is 1. The van der Waals surface area contributed by atoms with Crippen LogP contribution in [-0.4, -0.2) is 30.4 Å². The van der Waals surface area contributed by atoms with Crippen LogP contribution < -0.4 is 5.73 Å². The van der Waals surface area contributed by atoms with Crippen molar-refractivity contribution in [3.05, 3.63) is 23.2 Å². The van der Waals surface area contributed by atoms with Crippen LogP contribution in [0.3, 0.4) is 0 Å². The molecule has 0 amide bonds. The molecule has 0 saturated carbocycles. The Balaban J connectivity index is 2.65. The second-order valence-electron chi connectivity index (χ2n) is 3.72. The lowest BCUT2D eigenvalue weighted by Crippen LogP contribution is -2.08. The number of halogens is 1. The topological polar surface area (TPSA) is 77.2 Å². The van der Waals surface area contributed by atoms with E-state index in [1.807, 2.05) is 0 Å². The molecule has 0 aliphatic heterocycles. The van der Waals surface area contributed by atoms with E-state index in [0.29, 0.717) is 22.0 Å². The summed E-state index contributed by atoms with van der Waals surface area (Å²) in [5, 5.41) is 0.350. The monoisotopic (exact) mass is 295 g/mol. The van der Waals surface area contributed by atoms with Crippen LogP contribution in [-0.2, 0) is 20.6 Å². The molecule has 0 aromatic heterocycles. The van der Waals surface area contributed by atoms with Crippen molar-refractivity contribution >= 4 is 37.9 Å². The number of anilines is 1. The van der Waals surface area contributed by atoms with E-state index in [-0.39, 0.29) is 11.5 Å². The molecule has 0 fully saturated rings. The number of nitrogens with two attached hydrogens (primary N) is 1. The van der Waals surface area contributed by atoms with E-state index in [0.717, 1.165) is 6.26 Å². The first kappa shape index (κ1) is 14.5. The van der Waals surface area contributed by atoms with E-state index >= 15 is 0 Å². The molecule has 0 radical (unpaired) electrons. The minimum atomic E-state index is -3.01.